The third-order valence-electron chi connectivity index (χ3n) is 5.45. The lowest BCUT2D eigenvalue weighted by atomic mass is 9.97. The van der Waals surface area contributed by atoms with Crippen molar-refractivity contribution < 1.29 is 18.3 Å². The number of piperidine rings is 1. The van der Waals surface area contributed by atoms with Crippen LogP contribution in [0.5, 0.6) is 0 Å². The van der Waals surface area contributed by atoms with Gasteiger partial charge < -0.3 is 9.64 Å². The molecule has 1 aromatic carbocycles. The van der Waals surface area contributed by atoms with E-state index in [0.29, 0.717) is 18.5 Å². The molecule has 0 aromatic heterocycles. The molecule has 2 heterocycles. The van der Waals surface area contributed by atoms with E-state index in [9.17, 15) is 13.6 Å². The molecule has 1 amide bonds. The van der Waals surface area contributed by atoms with Gasteiger partial charge in [0.25, 0.3) is 0 Å². The van der Waals surface area contributed by atoms with E-state index in [1.54, 1.807) is 0 Å². The molecule has 0 unspecified atom stereocenters. The summed E-state index contributed by atoms with van der Waals surface area (Å²) in [7, 11) is 0. The van der Waals surface area contributed by atoms with Gasteiger partial charge in [0, 0.05) is 57.4 Å². The average molecular weight is 366 g/mol. The van der Waals surface area contributed by atoms with E-state index >= 15 is 0 Å². The highest BCUT2D eigenvalue weighted by molar-refractivity contribution is 5.76. The maximum atomic E-state index is 13.4. The summed E-state index contributed by atoms with van der Waals surface area (Å²) in [4.78, 5) is 16.9. The molecule has 0 saturated carbocycles. The van der Waals surface area contributed by atoms with Crippen LogP contribution in [0.4, 0.5) is 8.78 Å². The van der Waals surface area contributed by atoms with Crippen molar-refractivity contribution in [2.45, 2.75) is 57.7 Å². The molecule has 1 aromatic rings. The Bertz CT molecular complexity index is 592. The van der Waals surface area contributed by atoms with Crippen LogP contribution in [0.25, 0.3) is 0 Å². The predicted molar refractivity (Wildman–Crippen MR) is 95.6 cm³/mol. The van der Waals surface area contributed by atoms with Gasteiger partial charge in [0.15, 0.2) is 0 Å². The molecule has 4 nitrogen and oxygen atoms in total. The molecule has 0 aliphatic carbocycles. The van der Waals surface area contributed by atoms with E-state index in [-0.39, 0.29) is 18.0 Å². The number of nitrogens with zero attached hydrogens (tertiary/aromatic N) is 2. The molecule has 2 aliphatic rings. The molecule has 0 spiro atoms. The van der Waals surface area contributed by atoms with Gasteiger partial charge in [0.2, 0.25) is 5.91 Å². The van der Waals surface area contributed by atoms with Gasteiger partial charge in [-0.3, -0.25) is 9.69 Å². The fraction of sp³-hybridized carbons (Fsp3) is 0.650. The van der Waals surface area contributed by atoms with E-state index in [1.165, 1.54) is 12.1 Å². The Morgan fingerprint density at radius 3 is 2.23 bits per heavy atom. The molecule has 2 saturated heterocycles. The first-order valence-corrected chi connectivity index (χ1v) is 9.63. The van der Waals surface area contributed by atoms with Crippen LogP contribution in [-0.4, -0.2) is 54.1 Å². The highest BCUT2D eigenvalue weighted by atomic mass is 19.1. The first-order valence-electron chi connectivity index (χ1n) is 9.63. The number of carbonyl (C=O) groups excluding carboxylic acids is 1. The van der Waals surface area contributed by atoms with Crippen LogP contribution in [0.15, 0.2) is 18.2 Å². The molecule has 6 heteroatoms. The number of hydrogen-bond acceptors (Lipinski definition) is 3. The van der Waals surface area contributed by atoms with Crippen molar-refractivity contribution in [3.05, 3.63) is 35.4 Å². The molecular formula is C20H28F2N2O2. The molecule has 0 radical (unpaired) electrons. The first kappa shape index (κ1) is 19.2. The number of ether oxygens (including phenoxy) is 1. The third kappa shape index (κ3) is 4.80. The van der Waals surface area contributed by atoms with Gasteiger partial charge in [0.1, 0.15) is 11.6 Å². The Morgan fingerprint density at radius 1 is 1.08 bits per heavy atom. The van der Waals surface area contributed by atoms with Crippen molar-refractivity contribution in [2.24, 2.45) is 0 Å². The monoisotopic (exact) mass is 366 g/mol. The quantitative estimate of drug-likeness (QED) is 0.801. The fourth-order valence-electron chi connectivity index (χ4n) is 4.17. The summed E-state index contributed by atoms with van der Waals surface area (Å²) in [6.07, 6.45) is 4.16. The maximum Gasteiger partial charge on any atom is 0.222 e. The Balaban J connectivity index is 1.59. The van der Waals surface area contributed by atoms with Gasteiger partial charge in [0.05, 0.1) is 0 Å². The van der Waals surface area contributed by atoms with Crippen molar-refractivity contribution in [2.75, 3.05) is 26.3 Å². The zero-order chi connectivity index (χ0) is 18.5. The van der Waals surface area contributed by atoms with E-state index in [1.807, 2.05) is 6.92 Å². The highest BCUT2D eigenvalue weighted by Gasteiger charge is 2.33. The van der Waals surface area contributed by atoms with Gasteiger partial charge >= 0.3 is 0 Å². The fourth-order valence-corrected chi connectivity index (χ4v) is 4.17. The van der Waals surface area contributed by atoms with Crippen LogP contribution in [0, 0.1) is 11.6 Å². The zero-order valence-electron chi connectivity index (χ0n) is 15.4. The number of hydrogen-bond donors (Lipinski definition) is 0. The molecule has 26 heavy (non-hydrogen) atoms. The second-order valence-corrected chi connectivity index (χ2v) is 7.28. The second kappa shape index (κ2) is 8.91. The molecular weight excluding hydrogens is 338 g/mol. The molecule has 0 N–H and O–H groups in total. The van der Waals surface area contributed by atoms with Crippen LogP contribution in [0.2, 0.25) is 0 Å². The minimum Gasteiger partial charge on any atom is -0.381 e. The van der Waals surface area contributed by atoms with Crippen LogP contribution in [-0.2, 0) is 16.1 Å². The Morgan fingerprint density at radius 2 is 1.65 bits per heavy atom. The lowest BCUT2D eigenvalue weighted by molar-refractivity contribution is -0.139. The van der Waals surface area contributed by atoms with Crippen molar-refractivity contribution in [3.8, 4) is 0 Å². The number of likely N-dealkylation sites (tertiary alicyclic amines) is 1. The van der Waals surface area contributed by atoms with E-state index < -0.39 is 11.6 Å². The minimum atomic E-state index is -0.533. The van der Waals surface area contributed by atoms with Gasteiger partial charge in [-0.25, -0.2) is 8.78 Å². The minimum absolute atomic E-state index is 0.225. The van der Waals surface area contributed by atoms with Crippen molar-refractivity contribution in [1.82, 2.24) is 9.80 Å². The van der Waals surface area contributed by atoms with E-state index in [2.05, 4.69) is 9.80 Å². The Labute approximate surface area is 154 Å². The normalized spacial score (nSPS) is 20.3. The van der Waals surface area contributed by atoms with Crippen LogP contribution in [0.3, 0.4) is 0 Å². The lowest BCUT2D eigenvalue weighted by Gasteiger charge is -2.43. The number of amides is 1. The Hall–Kier alpha value is -1.53. The van der Waals surface area contributed by atoms with E-state index in [0.717, 1.165) is 58.1 Å². The van der Waals surface area contributed by atoms with Crippen LogP contribution < -0.4 is 0 Å². The lowest BCUT2D eigenvalue weighted by Crippen LogP contribution is -2.52. The number of halogens is 2. The summed E-state index contributed by atoms with van der Waals surface area (Å²) < 4.78 is 32.2. The summed E-state index contributed by atoms with van der Waals surface area (Å²) in [5.74, 6) is -0.842. The highest BCUT2D eigenvalue weighted by Crippen LogP contribution is 2.25. The molecule has 0 atom stereocenters. The largest absolute Gasteiger partial charge is 0.381 e. The maximum absolute atomic E-state index is 13.4. The van der Waals surface area contributed by atoms with Gasteiger partial charge in [-0.2, -0.15) is 0 Å². The van der Waals surface area contributed by atoms with Crippen molar-refractivity contribution in [3.63, 3.8) is 0 Å². The molecule has 2 fully saturated rings. The smallest absolute Gasteiger partial charge is 0.222 e. The third-order valence-corrected chi connectivity index (χ3v) is 5.45. The standard InChI is InChI=1S/C20H28F2N2O2/c1-2-20(25)24(19-5-9-26-10-6-19)18-3-7-23(8-4-18)14-15-11-16(21)13-17(22)12-15/h11-13,18-19H,2-10,14H2,1H3. The molecule has 144 valence electrons. The predicted octanol–water partition coefficient (Wildman–Crippen LogP) is 3.35. The van der Waals surface area contributed by atoms with Crippen LogP contribution in [0.1, 0.15) is 44.6 Å². The second-order valence-electron chi connectivity index (χ2n) is 7.28. The SMILES string of the molecule is CCC(=O)N(C1CCOCC1)C1CCN(Cc2cc(F)cc(F)c2)CC1. The van der Waals surface area contributed by atoms with Crippen LogP contribution >= 0.6 is 0 Å². The molecule has 2 aliphatic heterocycles. The average Bonchev–Trinajstić information content (AvgIpc) is 2.63. The molecule has 3 rings (SSSR count). The number of benzene rings is 1. The summed E-state index contributed by atoms with van der Waals surface area (Å²) in [6, 6.07) is 4.22. The van der Waals surface area contributed by atoms with Gasteiger partial charge in [-0.1, -0.05) is 6.92 Å². The summed E-state index contributed by atoms with van der Waals surface area (Å²) in [5, 5.41) is 0. The summed E-state index contributed by atoms with van der Waals surface area (Å²) in [5.41, 5.74) is 0.659. The van der Waals surface area contributed by atoms with Crippen molar-refractivity contribution >= 4 is 5.91 Å². The van der Waals surface area contributed by atoms with Crippen molar-refractivity contribution in [1.29, 1.82) is 0 Å². The van der Waals surface area contributed by atoms with Gasteiger partial charge in [-0.05, 0) is 43.4 Å². The topological polar surface area (TPSA) is 32.8 Å². The zero-order valence-corrected chi connectivity index (χ0v) is 15.4. The Kier molecular flexibility index (Phi) is 6.59. The summed E-state index contributed by atoms with van der Waals surface area (Å²) >= 11 is 0. The summed E-state index contributed by atoms with van der Waals surface area (Å²) in [6.45, 7) is 5.58. The first-order chi connectivity index (χ1) is 12.6. The van der Waals surface area contributed by atoms with E-state index in [4.69, 9.17) is 4.74 Å². The van der Waals surface area contributed by atoms with Gasteiger partial charge in [-0.15, -0.1) is 0 Å². The molecule has 0 bridgehead atoms. The number of carbonyl (C=O) groups is 1. The number of rotatable bonds is 5.